The van der Waals surface area contributed by atoms with Gasteiger partial charge in [-0.25, -0.2) is 8.42 Å². The van der Waals surface area contributed by atoms with E-state index in [4.69, 9.17) is 0 Å². The van der Waals surface area contributed by atoms with E-state index >= 15 is 0 Å². The molecule has 34 heavy (non-hydrogen) atoms. The summed E-state index contributed by atoms with van der Waals surface area (Å²) < 4.78 is 28.8. The highest BCUT2D eigenvalue weighted by atomic mass is 32.2. The fraction of sp³-hybridized carbons (Fsp3) is 0.370. The first kappa shape index (κ1) is 22.9. The molecule has 0 saturated heterocycles. The summed E-state index contributed by atoms with van der Waals surface area (Å²) in [6.07, 6.45) is 2.52. The highest BCUT2D eigenvalue weighted by Crippen LogP contribution is 2.55. The number of rotatable bonds is 7. The normalized spacial score (nSPS) is 20.8. The summed E-state index contributed by atoms with van der Waals surface area (Å²) in [5.74, 6) is 0.647. The zero-order valence-corrected chi connectivity index (χ0v) is 20.7. The summed E-state index contributed by atoms with van der Waals surface area (Å²) in [4.78, 5) is 13.3. The molecular weight excluding hydrogens is 446 g/mol. The third-order valence-electron chi connectivity index (χ3n) is 7.50. The van der Waals surface area contributed by atoms with E-state index in [1.165, 1.54) is 38.8 Å². The molecule has 6 nitrogen and oxygen atoms in total. The van der Waals surface area contributed by atoms with Gasteiger partial charge in [0.15, 0.2) is 0 Å². The van der Waals surface area contributed by atoms with Crippen molar-refractivity contribution in [2.75, 3.05) is 19.6 Å². The van der Waals surface area contributed by atoms with Crippen molar-refractivity contribution < 1.29 is 13.2 Å². The van der Waals surface area contributed by atoms with Gasteiger partial charge in [0.2, 0.25) is 10.0 Å². The zero-order chi connectivity index (χ0) is 24.0. The summed E-state index contributed by atoms with van der Waals surface area (Å²) >= 11 is 0. The molecule has 1 aromatic heterocycles. The lowest BCUT2D eigenvalue weighted by atomic mass is 9.59. The SMILES string of the molecule is CCN(CC)S(=O)(=O)c1cc(C(=O)NCC2CC3c4ccccc4C2c2ccccc23)n(C)c1. The first-order valence-electron chi connectivity index (χ1n) is 12.0. The smallest absolute Gasteiger partial charge is 0.267 e. The summed E-state index contributed by atoms with van der Waals surface area (Å²) in [5, 5.41) is 3.11. The Morgan fingerprint density at radius 2 is 1.56 bits per heavy atom. The molecule has 3 aliphatic rings. The van der Waals surface area contributed by atoms with Gasteiger partial charge in [0.25, 0.3) is 5.91 Å². The zero-order valence-electron chi connectivity index (χ0n) is 19.9. The van der Waals surface area contributed by atoms with Crippen molar-refractivity contribution >= 4 is 15.9 Å². The number of carbonyl (C=O) groups is 1. The molecular formula is C27H31N3O3S. The number of nitrogens with one attached hydrogen (secondary N) is 1. The van der Waals surface area contributed by atoms with Crippen LogP contribution in [0.25, 0.3) is 0 Å². The molecule has 3 aromatic rings. The molecule has 1 unspecified atom stereocenters. The van der Waals surface area contributed by atoms with Gasteiger partial charge >= 0.3 is 0 Å². The van der Waals surface area contributed by atoms with Crippen LogP contribution in [0.4, 0.5) is 0 Å². The van der Waals surface area contributed by atoms with Gasteiger partial charge in [-0.05, 0) is 40.7 Å². The number of hydrogen-bond acceptors (Lipinski definition) is 3. The number of carbonyl (C=O) groups excluding carboxylic acids is 1. The standard InChI is InChI=1S/C27H31N3O3S/c1-4-30(5-2)34(32,33)19-15-25(29(3)17-19)27(31)28-16-18-14-24-20-10-6-8-12-22(20)26(18)23-13-9-7-11-21(23)24/h6-13,15,17-18,24,26H,4-5,14,16H2,1-3H3,(H,28,31). The van der Waals surface area contributed by atoms with E-state index in [2.05, 4.69) is 53.8 Å². The predicted octanol–water partition coefficient (Wildman–Crippen LogP) is 4.08. The van der Waals surface area contributed by atoms with Gasteiger partial charge in [-0.2, -0.15) is 4.31 Å². The minimum absolute atomic E-state index is 0.156. The lowest BCUT2D eigenvalue weighted by molar-refractivity contribution is 0.0934. The Labute approximate surface area is 201 Å². The predicted molar refractivity (Wildman–Crippen MR) is 133 cm³/mol. The Morgan fingerprint density at radius 1 is 1.00 bits per heavy atom. The number of aryl methyl sites for hydroxylation is 1. The van der Waals surface area contributed by atoms with Crippen LogP contribution in [0, 0.1) is 5.92 Å². The van der Waals surface area contributed by atoms with Crippen LogP contribution in [0.1, 0.15) is 64.8 Å². The van der Waals surface area contributed by atoms with Crippen LogP contribution >= 0.6 is 0 Å². The average molecular weight is 478 g/mol. The van der Waals surface area contributed by atoms with Crippen molar-refractivity contribution in [3.05, 3.63) is 88.7 Å². The Bertz CT molecular complexity index is 1290. The Balaban J connectivity index is 1.37. The van der Waals surface area contributed by atoms with E-state index in [0.29, 0.717) is 31.2 Å². The fourth-order valence-electron chi connectivity index (χ4n) is 5.89. The van der Waals surface area contributed by atoms with Crippen LogP contribution in [0.3, 0.4) is 0 Å². The third kappa shape index (κ3) is 3.58. The van der Waals surface area contributed by atoms with Crippen LogP contribution in [-0.4, -0.2) is 42.8 Å². The molecule has 1 N–H and O–H groups in total. The van der Waals surface area contributed by atoms with Crippen molar-refractivity contribution in [1.29, 1.82) is 0 Å². The molecule has 178 valence electrons. The Hall–Kier alpha value is -2.90. The molecule has 6 rings (SSSR count). The largest absolute Gasteiger partial charge is 0.350 e. The summed E-state index contributed by atoms with van der Waals surface area (Å²) in [6, 6.07) is 18.8. The molecule has 7 heteroatoms. The molecule has 2 aromatic carbocycles. The number of nitrogens with zero attached hydrogens (tertiary/aromatic N) is 2. The molecule has 1 amide bonds. The lowest BCUT2D eigenvalue weighted by Crippen LogP contribution is -2.39. The fourth-order valence-corrected chi connectivity index (χ4v) is 7.42. The number of sulfonamides is 1. The van der Waals surface area contributed by atoms with E-state index < -0.39 is 10.0 Å². The maximum absolute atomic E-state index is 13.1. The van der Waals surface area contributed by atoms with Gasteiger partial charge < -0.3 is 9.88 Å². The van der Waals surface area contributed by atoms with Gasteiger partial charge in [-0.3, -0.25) is 4.79 Å². The van der Waals surface area contributed by atoms with Crippen molar-refractivity contribution in [1.82, 2.24) is 14.2 Å². The second-order valence-corrected chi connectivity index (χ2v) is 11.2. The molecule has 0 fully saturated rings. The quantitative estimate of drug-likeness (QED) is 0.557. The molecule has 1 atom stereocenters. The Kier molecular flexibility index (Phi) is 5.86. The topological polar surface area (TPSA) is 71.4 Å². The highest BCUT2D eigenvalue weighted by Gasteiger charge is 2.43. The molecule has 2 bridgehead atoms. The maximum Gasteiger partial charge on any atom is 0.267 e. The monoisotopic (exact) mass is 477 g/mol. The molecule has 0 spiro atoms. The van der Waals surface area contributed by atoms with Gasteiger partial charge in [0.1, 0.15) is 10.6 Å². The van der Waals surface area contributed by atoms with E-state index in [1.807, 2.05) is 13.8 Å². The Morgan fingerprint density at radius 3 is 2.12 bits per heavy atom. The number of aromatic nitrogens is 1. The first-order chi connectivity index (χ1) is 16.4. The van der Waals surface area contributed by atoms with Crippen LogP contribution in [0.2, 0.25) is 0 Å². The van der Waals surface area contributed by atoms with Gasteiger partial charge in [0.05, 0.1) is 0 Å². The van der Waals surface area contributed by atoms with Crippen molar-refractivity contribution in [3.63, 3.8) is 0 Å². The summed E-state index contributed by atoms with van der Waals surface area (Å²) in [5.41, 5.74) is 5.89. The first-order valence-corrected chi connectivity index (χ1v) is 13.4. The number of fused-ring (bicyclic) bond motifs is 1. The van der Waals surface area contributed by atoms with Crippen LogP contribution in [0.15, 0.2) is 65.7 Å². The maximum atomic E-state index is 13.1. The van der Waals surface area contributed by atoms with Gasteiger partial charge in [-0.1, -0.05) is 62.4 Å². The van der Waals surface area contributed by atoms with Crippen LogP contribution in [-0.2, 0) is 17.1 Å². The van der Waals surface area contributed by atoms with Gasteiger partial charge in [-0.15, -0.1) is 0 Å². The van der Waals surface area contributed by atoms with Gasteiger partial charge in [0, 0.05) is 44.7 Å². The molecule has 3 aliphatic carbocycles. The summed E-state index contributed by atoms with van der Waals surface area (Å²) in [6.45, 7) is 4.95. The summed E-state index contributed by atoms with van der Waals surface area (Å²) in [7, 11) is -1.90. The van der Waals surface area contributed by atoms with Crippen molar-refractivity contribution in [2.24, 2.45) is 13.0 Å². The number of hydrogen-bond donors (Lipinski definition) is 1. The highest BCUT2D eigenvalue weighted by molar-refractivity contribution is 7.89. The van der Waals surface area contributed by atoms with E-state index in [9.17, 15) is 13.2 Å². The average Bonchev–Trinajstić information content (AvgIpc) is 3.26. The minimum Gasteiger partial charge on any atom is -0.350 e. The third-order valence-corrected chi connectivity index (χ3v) is 9.52. The van der Waals surface area contributed by atoms with Crippen molar-refractivity contribution in [2.45, 2.75) is 37.0 Å². The lowest BCUT2D eigenvalue weighted by Gasteiger charge is -2.45. The van der Waals surface area contributed by atoms with E-state index in [-0.39, 0.29) is 22.6 Å². The van der Waals surface area contributed by atoms with E-state index in [1.54, 1.807) is 11.6 Å². The van der Waals surface area contributed by atoms with Crippen molar-refractivity contribution in [3.8, 4) is 0 Å². The molecule has 0 saturated carbocycles. The molecule has 0 aliphatic heterocycles. The second kappa shape index (κ2) is 8.71. The number of amides is 1. The number of benzene rings is 2. The minimum atomic E-state index is -3.61. The molecule has 0 radical (unpaired) electrons. The van der Waals surface area contributed by atoms with Crippen LogP contribution in [0.5, 0.6) is 0 Å². The second-order valence-electron chi connectivity index (χ2n) is 9.26. The molecule has 1 heterocycles. The van der Waals surface area contributed by atoms with E-state index in [0.717, 1.165) is 6.42 Å². The van der Waals surface area contributed by atoms with Crippen LogP contribution < -0.4 is 5.32 Å².